The Hall–Kier alpha value is -1.88. The minimum Gasteiger partial charge on any atom is -0.464 e. The molecule has 0 aliphatic rings. The van der Waals surface area contributed by atoms with E-state index in [9.17, 15) is 39.9 Å². The second-order valence-electron chi connectivity index (χ2n) is 3.76. The van der Waals surface area contributed by atoms with Gasteiger partial charge in [-0.15, -0.1) is 0 Å². The molecule has 0 aliphatic carbocycles. The van der Waals surface area contributed by atoms with E-state index in [0.29, 0.717) is 14.2 Å². The van der Waals surface area contributed by atoms with Crippen molar-refractivity contribution in [2.24, 2.45) is 7.05 Å². The number of aryl methyl sites for hydroxylation is 1. The quantitative estimate of drug-likeness (QED) is 0.620. The van der Waals surface area contributed by atoms with Crippen molar-refractivity contribution in [1.29, 1.82) is 0 Å². The Morgan fingerprint density at radius 1 is 1.10 bits per heavy atom. The highest BCUT2D eigenvalue weighted by Crippen LogP contribution is 2.48. The molecule has 0 bridgehead atoms. The molecule has 12 heteroatoms. The van der Waals surface area contributed by atoms with Crippen LogP contribution in [-0.4, -0.2) is 29.0 Å². The van der Waals surface area contributed by atoms with Crippen molar-refractivity contribution in [3.63, 3.8) is 0 Å². The summed E-state index contributed by atoms with van der Waals surface area (Å²) in [6.45, 7) is 0. The van der Waals surface area contributed by atoms with Crippen LogP contribution in [0.15, 0.2) is 0 Å². The average Bonchev–Trinajstić information content (AvgIpc) is 2.64. The van der Waals surface area contributed by atoms with Crippen molar-refractivity contribution in [3.05, 3.63) is 17.0 Å². The summed E-state index contributed by atoms with van der Waals surface area (Å²) >= 11 is 0. The van der Waals surface area contributed by atoms with Gasteiger partial charge in [0, 0.05) is 7.05 Å². The number of hydrogen-bond donors (Lipinski definition) is 0. The second kappa shape index (κ2) is 4.84. The van der Waals surface area contributed by atoms with Crippen molar-refractivity contribution >= 4 is 5.97 Å². The van der Waals surface area contributed by atoms with E-state index >= 15 is 0 Å². The van der Waals surface area contributed by atoms with Gasteiger partial charge in [-0.2, -0.15) is 40.2 Å². The van der Waals surface area contributed by atoms with E-state index in [1.54, 1.807) is 0 Å². The third kappa shape index (κ3) is 2.78. The molecule has 0 N–H and O–H groups in total. The van der Waals surface area contributed by atoms with Gasteiger partial charge < -0.3 is 4.74 Å². The van der Waals surface area contributed by atoms with Crippen LogP contribution < -0.4 is 0 Å². The van der Waals surface area contributed by atoms with Gasteiger partial charge in [0.25, 0.3) is 0 Å². The summed E-state index contributed by atoms with van der Waals surface area (Å²) in [5.41, 5.74) is -6.64. The fraction of sp³-hybridized carbons (Fsp3) is 0.556. The van der Waals surface area contributed by atoms with E-state index in [4.69, 9.17) is 0 Å². The number of ether oxygens (including phenoxy) is 1. The van der Waals surface area contributed by atoms with Crippen LogP contribution in [0.4, 0.5) is 35.1 Å². The van der Waals surface area contributed by atoms with Crippen molar-refractivity contribution in [3.8, 4) is 0 Å². The number of carbonyl (C=O) groups is 1. The van der Waals surface area contributed by atoms with E-state index in [1.807, 2.05) is 0 Å². The lowest BCUT2D eigenvalue weighted by Gasteiger charge is -2.19. The first-order valence-corrected chi connectivity index (χ1v) is 4.92. The molecule has 0 saturated carbocycles. The number of methoxy groups -OCH3 is 1. The van der Waals surface area contributed by atoms with Gasteiger partial charge in [0.15, 0.2) is 11.4 Å². The maximum absolute atomic E-state index is 13.2. The third-order valence-corrected chi connectivity index (χ3v) is 2.36. The predicted octanol–water partition coefficient (Wildman–Crippen LogP) is 2.88. The van der Waals surface area contributed by atoms with Crippen LogP contribution in [-0.2, 0) is 23.9 Å². The van der Waals surface area contributed by atoms with Crippen molar-refractivity contribution < 1.29 is 44.7 Å². The van der Waals surface area contributed by atoms with Gasteiger partial charge in [-0.05, 0) is 0 Å². The molecule has 1 aromatic rings. The largest absolute Gasteiger partial charge is 0.464 e. The number of alkyl halides is 8. The Labute approximate surface area is 111 Å². The molecular weight excluding hydrogens is 320 g/mol. The number of rotatable bonds is 2. The molecule has 0 atom stereocenters. The molecule has 0 aliphatic heterocycles. The topological polar surface area (TPSA) is 44.1 Å². The molecule has 1 rings (SSSR count). The number of halogens is 8. The molecule has 1 aromatic heterocycles. The summed E-state index contributed by atoms with van der Waals surface area (Å²) in [5.74, 6) is -7.64. The van der Waals surface area contributed by atoms with E-state index < -0.39 is 41.2 Å². The highest BCUT2D eigenvalue weighted by Gasteiger charge is 2.64. The molecule has 120 valence electrons. The molecule has 0 aromatic carbocycles. The zero-order chi connectivity index (χ0) is 16.8. The third-order valence-electron chi connectivity index (χ3n) is 2.36. The van der Waals surface area contributed by atoms with Crippen LogP contribution >= 0.6 is 0 Å². The zero-order valence-corrected chi connectivity index (χ0v) is 10.2. The van der Waals surface area contributed by atoms with Gasteiger partial charge in [-0.3, -0.25) is 4.68 Å². The summed E-state index contributed by atoms with van der Waals surface area (Å²) < 4.78 is 105. The molecule has 0 spiro atoms. The van der Waals surface area contributed by atoms with Crippen LogP contribution in [0, 0.1) is 0 Å². The summed E-state index contributed by atoms with van der Waals surface area (Å²) in [5, 5.41) is 2.51. The number of nitrogens with zero attached hydrogens (tertiary/aromatic N) is 2. The van der Waals surface area contributed by atoms with E-state index in [1.165, 1.54) is 0 Å². The summed E-state index contributed by atoms with van der Waals surface area (Å²) in [4.78, 5) is 11.2. The van der Waals surface area contributed by atoms with Gasteiger partial charge in [0.1, 0.15) is 5.56 Å². The van der Waals surface area contributed by atoms with E-state index in [0.717, 1.165) is 0 Å². The van der Waals surface area contributed by atoms with Crippen LogP contribution in [0.2, 0.25) is 0 Å². The molecule has 4 nitrogen and oxygen atoms in total. The average molecular weight is 326 g/mol. The molecule has 21 heavy (non-hydrogen) atoms. The standard InChI is InChI=1S/C9H6F8N2O2/c1-19-4(6(20)21-2)3(8(12,13)14)5(18-19)7(10,11)9(15,16)17/h1-2H3. The number of esters is 1. The fourth-order valence-electron chi connectivity index (χ4n) is 1.48. The Balaban J connectivity index is 3.75. The molecule has 0 unspecified atom stereocenters. The summed E-state index contributed by atoms with van der Waals surface area (Å²) in [7, 11) is 1.24. The minimum absolute atomic E-state index is 0.0381. The Bertz CT molecular complexity index is 557. The Morgan fingerprint density at radius 3 is 1.90 bits per heavy atom. The maximum Gasteiger partial charge on any atom is 0.459 e. The first kappa shape index (κ1) is 17.2. The zero-order valence-electron chi connectivity index (χ0n) is 10.2. The molecule has 0 amide bonds. The van der Waals surface area contributed by atoms with Crippen LogP contribution in [0.5, 0.6) is 0 Å². The van der Waals surface area contributed by atoms with Crippen LogP contribution in [0.3, 0.4) is 0 Å². The Kier molecular flexibility index (Phi) is 3.96. The molecule has 0 radical (unpaired) electrons. The lowest BCUT2D eigenvalue weighted by molar-refractivity contribution is -0.292. The predicted molar refractivity (Wildman–Crippen MR) is 49.5 cm³/mol. The second-order valence-corrected chi connectivity index (χ2v) is 3.76. The lowest BCUT2D eigenvalue weighted by atomic mass is 10.1. The van der Waals surface area contributed by atoms with E-state index in [-0.39, 0.29) is 4.68 Å². The van der Waals surface area contributed by atoms with E-state index in [2.05, 4.69) is 9.84 Å². The highest BCUT2D eigenvalue weighted by atomic mass is 19.4. The number of hydrogen-bond acceptors (Lipinski definition) is 3. The van der Waals surface area contributed by atoms with Crippen molar-refractivity contribution in [2.45, 2.75) is 18.3 Å². The van der Waals surface area contributed by atoms with Crippen molar-refractivity contribution in [2.75, 3.05) is 7.11 Å². The van der Waals surface area contributed by atoms with Gasteiger partial charge in [0.2, 0.25) is 0 Å². The summed E-state index contributed by atoms with van der Waals surface area (Å²) in [6.07, 6.45) is -12.0. The molecule has 0 saturated heterocycles. The SMILES string of the molecule is COC(=O)c1c(C(F)(F)F)c(C(F)(F)C(F)(F)F)nn1C. The first-order valence-electron chi connectivity index (χ1n) is 4.92. The van der Waals surface area contributed by atoms with Gasteiger partial charge in [-0.25, -0.2) is 4.79 Å². The lowest BCUT2D eigenvalue weighted by Crippen LogP contribution is -2.36. The minimum atomic E-state index is -6.31. The number of aromatic nitrogens is 2. The highest BCUT2D eigenvalue weighted by molar-refractivity contribution is 5.89. The van der Waals surface area contributed by atoms with Crippen LogP contribution in [0.1, 0.15) is 21.7 Å². The van der Waals surface area contributed by atoms with Crippen molar-refractivity contribution in [1.82, 2.24) is 9.78 Å². The first-order chi connectivity index (χ1) is 9.25. The van der Waals surface area contributed by atoms with Gasteiger partial charge in [-0.1, -0.05) is 0 Å². The fourth-order valence-corrected chi connectivity index (χ4v) is 1.48. The Morgan fingerprint density at radius 2 is 1.57 bits per heavy atom. The van der Waals surface area contributed by atoms with Crippen LogP contribution in [0.25, 0.3) is 0 Å². The van der Waals surface area contributed by atoms with Gasteiger partial charge in [0.05, 0.1) is 7.11 Å². The maximum atomic E-state index is 13.2. The smallest absolute Gasteiger partial charge is 0.459 e. The molecule has 0 fully saturated rings. The monoisotopic (exact) mass is 326 g/mol. The molecular formula is C9H6F8N2O2. The normalized spacial score (nSPS) is 13.4. The van der Waals surface area contributed by atoms with Gasteiger partial charge >= 0.3 is 24.2 Å². The number of carbonyl (C=O) groups excluding carboxylic acids is 1. The molecule has 1 heterocycles. The summed E-state index contributed by atoms with van der Waals surface area (Å²) in [6, 6.07) is 0.